The second-order valence-electron chi connectivity index (χ2n) is 7.00. The van der Waals surface area contributed by atoms with Gasteiger partial charge in [-0.2, -0.15) is 0 Å². The van der Waals surface area contributed by atoms with Crippen molar-refractivity contribution in [2.24, 2.45) is 5.92 Å². The van der Waals surface area contributed by atoms with Crippen LogP contribution >= 0.6 is 0 Å². The molecule has 1 aliphatic rings. The average molecular weight is 387 g/mol. The second-order valence-corrected chi connectivity index (χ2v) is 8.96. The molecule has 1 atom stereocenters. The Balaban J connectivity index is 1.72. The Morgan fingerprint density at radius 1 is 1.11 bits per heavy atom. The van der Waals surface area contributed by atoms with Crippen molar-refractivity contribution in [3.63, 3.8) is 0 Å². The smallest absolute Gasteiger partial charge is 0.252 e. The fourth-order valence-corrected chi connectivity index (χ4v) is 5.06. The Labute approximate surface area is 161 Å². The van der Waals surface area contributed by atoms with E-state index in [1.54, 1.807) is 30.3 Å². The van der Waals surface area contributed by atoms with Crippen LogP contribution in [0.4, 0.5) is 0 Å². The van der Waals surface area contributed by atoms with E-state index in [0.717, 1.165) is 26.1 Å². The molecule has 0 saturated carbocycles. The van der Waals surface area contributed by atoms with Gasteiger partial charge in [-0.15, -0.1) is 0 Å². The van der Waals surface area contributed by atoms with Crippen LogP contribution in [0.2, 0.25) is 0 Å². The summed E-state index contributed by atoms with van der Waals surface area (Å²) < 4.78 is 25.8. The lowest BCUT2D eigenvalue weighted by molar-refractivity contribution is 0.0944. The molecule has 2 aromatic carbocycles. The highest BCUT2D eigenvalue weighted by Gasteiger charge is 2.25. The number of carbonyl (C=O) groups excluding carboxylic acids is 1. The summed E-state index contributed by atoms with van der Waals surface area (Å²) in [4.78, 5) is 15.1. The molecule has 3 rings (SSSR count). The van der Waals surface area contributed by atoms with E-state index < -0.39 is 9.84 Å². The van der Waals surface area contributed by atoms with Gasteiger partial charge in [0.15, 0.2) is 9.84 Å². The molecule has 1 aliphatic heterocycles. The van der Waals surface area contributed by atoms with Crippen LogP contribution in [0.25, 0.3) is 0 Å². The monoisotopic (exact) mass is 386 g/mol. The molecular weight excluding hydrogens is 360 g/mol. The van der Waals surface area contributed by atoms with E-state index in [1.807, 2.05) is 18.2 Å². The zero-order valence-corrected chi connectivity index (χ0v) is 16.4. The zero-order chi connectivity index (χ0) is 19.3. The van der Waals surface area contributed by atoms with Gasteiger partial charge in [0, 0.05) is 13.1 Å². The molecule has 1 unspecified atom stereocenters. The highest BCUT2D eigenvalue weighted by atomic mass is 32.2. The number of sulfone groups is 1. The lowest BCUT2D eigenvalue weighted by Gasteiger charge is -2.15. The largest absolute Gasteiger partial charge is 0.352 e. The molecule has 6 heteroatoms. The molecule has 27 heavy (non-hydrogen) atoms. The van der Waals surface area contributed by atoms with Gasteiger partial charge in [0.05, 0.1) is 16.2 Å². The topological polar surface area (TPSA) is 66.5 Å². The van der Waals surface area contributed by atoms with Crippen molar-refractivity contribution < 1.29 is 13.2 Å². The molecule has 2 aromatic rings. The van der Waals surface area contributed by atoms with Gasteiger partial charge in [0.2, 0.25) is 0 Å². The first-order valence-electron chi connectivity index (χ1n) is 9.36. The first-order chi connectivity index (χ1) is 13.0. The first-order valence-corrected chi connectivity index (χ1v) is 11.0. The second kappa shape index (κ2) is 8.67. The summed E-state index contributed by atoms with van der Waals surface area (Å²) in [7, 11) is -3.61. The molecular formula is C21H26N2O3S. The summed E-state index contributed by atoms with van der Waals surface area (Å²) >= 11 is 0. The molecule has 0 bridgehead atoms. The standard InChI is InChI=1S/C21H26N2O3S/c1-2-23-13-12-18(15-23)14-22-21(24)19-10-6-7-11-20(19)27(25,26)16-17-8-4-3-5-9-17/h3-11,18H,2,12-16H2,1H3,(H,22,24). The van der Waals surface area contributed by atoms with Crippen molar-refractivity contribution in [1.82, 2.24) is 10.2 Å². The molecule has 1 amide bonds. The minimum atomic E-state index is -3.61. The number of nitrogens with zero attached hydrogens (tertiary/aromatic N) is 1. The third-order valence-electron chi connectivity index (χ3n) is 5.03. The van der Waals surface area contributed by atoms with E-state index in [2.05, 4.69) is 17.1 Å². The van der Waals surface area contributed by atoms with E-state index in [9.17, 15) is 13.2 Å². The number of rotatable bonds is 7. The number of nitrogens with one attached hydrogen (secondary N) is 1. The molecule has 1 N–H and O–H groups in total. The maximum Gasteiger partial charge on any atom is 0.252 e. The SMILES string of the molecule is CCN1CCC(CNC(=O)c2ccccc2S(=O)(=O)Cc2ccccc2)C1. The molecule has 0 spiro atoms. The van der Waals surface area contributed by atoms with Crippen molar-refractivity contribution in [2.75, 3.05) is 26.2 Å². The molecule has 0 aromatic heterocycles. The molecule has 144 valence electrons. The number of likely N-dealkylation sites (tertiary alicyclic amines) is 1. The van der Waals surface area contributed by atoms with Gasteiger partial charge in [-0.3, -0.25) is 4.79 Å². The Morgan fingerprint density at radius 3 is 2.52 bits per heavy atom. The van der Waals surface area contributed by atoms with Gasteiger partial charge >= 0.3 is 0 Å². The van der Waals surface area contributed by atoms with Crippen molar-refractivity contribution in [3.8, 4) is 0 Å². The van der Waals surface area contributed by atoms with Crippen LogP contribution in [0, 0.1) is 5.92 Å². The van der Waals surface area contributed by atoms with Crippen molar-refractivity contribution in [1.29, 1.82) is 0 Å². The van der Waals surface area contributed by atoms with Gasteiger partial charge in [-0.05, 0) is 43.1 Å². The number of benzene rings is 2. The van der Waals surface area contributed by atoms with Gasteiger partial charge in [0.1, 0.15) is 0 Å². The molecule has 1 heterocycles. The van der Waals surface area contributed by atoms with Crippen LogP contribution in [-0.4, -0.2) is 45.4 Å². The summed E-state index contributed by atoms with van der Waals surface area (Å²) in [5, 5.41) is 2.93. The highest BCUT2D eigenvalue weighted by Crippen LogP contribution is 2.21. The third-order valence-corrected chi connectivity index (χ3v) is 6.77. The Bertz CT molecular complexity index is 881. The van der Waals surface area contributed by atoms with Gasteiger partial charge < -0.3 is 10.2 Å². The van der Waals surface area contributed by atoms with Crippen molar-refractivity contribution in [3.05, 3.63) is 65.7 Å². The Morgan fingerprint density at radius 2 is 1.81 bits per heavy atom. The number of carbonyl (C=O) groups is 1. The summed E-state index contributed by atoms with van der Waals surface area (Å²) in [6, 6.07) is 15.5. The van der Waals surface area contributed by atoms with Gasteiger partial charge in [-0.25, -0.2) is 8.42 Å². The van der Waals surface area contributed by atoms with Gasteiger partial charge in [-0.1, -0.05) is 49.4 Å². The van der Waals surface area contributed by atoms with Crippen LogP contribution in [0.5, 0.6) is 0 Å². The van der Waals surface area contributed by atoms with Gasteiger partial charge in [0.25, 0.3) is 5.91 Å². The number of amides is 1. The van der Waals surface area contributed by atoms with Crippen LogP contribution in [-0.2, 0) is 15.6 Å². The zero-order valence-electron chi connectivity index (χ0n) is 15.6. The maximum atomic E-state index is 12.9. The minimum absolute atomic E-state index is 0.0907. The molecule has 0 radical (unpaired) electrons. The summed E-state index contributed by atoms with van der Waals surface area (Å²) in [6.07, 6.45) is 1.06. The van der Waals surface area contributed by atoms with Crippen molar-refractivity contribution >= 4 is 15.7 Å². The van der Waals surface area contributed by atoms with E-state index in [-0.39, 0.29) is 22.1 Å². The molecule has 5 nitrogen and oxygen atoms in total. The lowest BCUT2D eigenvalue weighted by atomic mass is 10.1. The predicted octanol–water partition coefficient (Wildman–Crippen LogP) is 2.73. The lowest BCUT2D eigenvalue weighted by Crippen LogP contribution is -2.31. The maximum absolute atomic E-state index is 12.9. The minimum Gasteiger partial charge on any atom is -0.352 e. The Hall–Kier alpha value is -2.18. The Kier molecular flexibility index (Phi) is 6.29. The fourth-order valence-electron chi connectivity index (χ4n) is 3.50. The quantitative estimate of drug-likeness (QED) is 0.795. The fraction of sp³-hybridized carbons (Fsp3) is 0.381. The summed E-state index contributed by atoms with van der Waals surface area (Å²) in [5.74, 6) is -0.0224. The van der Waals surface area contributed by atoms with E-state index in [1.165, 1.54) is 6.07 Å². The predicted molar refractivity (Wildman–Crippen MR) is 106 cm³/mol. The molecule has 0 aliphatic carbocycles. The first kappa shape index (κ1) is 19.6. The van der Waals surface area contributed by atoms with E-state index >= 15 is 0 Å². The molecule has 1 fully saturated rings. The summed E-state index contributed by atoms with van der Waals surface area (Å²) in [5.41, 5.74) is 0.928. The normalized spacial score (nSPS) is 17.7. The third kappa shape index (κ3) is 4.96. The van der Waals surface area contributed by atoms with Crippen LogP contribution < -0.4 is 5.32 Å². The number of hydrogen-bond donors (Lipinski definition) is 1. The highest BCUT2D eigenvalue weighted by molar-refractivity contribution is 7.90. The average Bonchev–Trinajstić information content (AvgIpc) is 3.15. The van der Waals surface area contributed by atoms with Crippen molar-refractivity contribution in [2.45, 2.75) is 24.0 Å². The van der Waals surface area contributed by atoms with Crippen LogP contribution in [0.1, 0.15) is 29.3 Å². The van der Waals surface area contributed by atoms with Crippen LogP contribution in [0.15, 0.2) is 59.5 Å². The van der Waals surface area contributed by atoms with E-state index in [4.69, 9.17) is 0 Å². The number of hydrogen-bond acceptors (Lipinski definition) is 4. The van der Waals surface area contributed by atoms with E-state index in [0.29, 0.717) is 18.0 Å². The summed E-state index contributed by atoms with van der Waals surface area (Å²) in [6.45, 7) is 5.76. The molecule has 1 saturated heterocycles. The van der Waals surface area contributed by atoms with Crippen LogP contribution in [0.3, 0.4) is 0 Å².